The zero-order valence-electron chi connectivity index (χ0n) is 19.9. The molecule has 3 aromatic rings. The molecule has 3 aromatic carbocycles. The van der Waals surface area contributed by atoms with Gasteiger partial charge in [-0.25, -0.2) is 4.99 Å². The van der Waals surface area contributed by atoms with Crippen LogP contribution in [0.4, 0.5) is 0 Å². The number of nitrogens with one attached hydrogen (secondary N) is 2. The Morgan fingerprint density at radius 2 is 1.44 bits per heavy atom. The van der Waals surface area contributed by atoms with Gasteiger partial charge in [-0.3, -0.25) is 4.79 Å². The highest BCUT2D eigenvalue weighted by Gasteiger charge is 2.15. The van der Waals surface area contributed by atoms with E-state index in [4.69, 9.17) is 9.73 Å². The Balaban J connectivity index is 0.00000408. The average Bonchev–Trinajstić information content (AvgIpc) is 2.86. The van der Waals surface area contributed by atoms with Crippen LogP contribution in [-0.4, -0.2) is 51.1 Å². The van der Waals surface area contributed by atoms with Crippen LogP contribution in [0.1, 0.15) is 22.6 Å². The maximum Gasteiger partial charge on any atom is 0.241 e. The summed E-state index contributed by atoms with van der Waals surface area (Å²) in [5.74, 6) is 1.53. The number of amides is 1. The number of hydrogen-bond donors (Lipinski definition) is 2. The van der Waals surface area contributed by atoms with E-state index < -0.39 is 0 Å². The van der Waals surface area contributed by atoms with Crippen LogP contribution in [0.2, 0.25) is 0 Å². The molecule has 34 heavy (non-hydrogen) atoms. The fraction of sp³-hybridized carbons (Fsp3) is 0.259. The van der Waals surface area contributed by atoms with Gasteiger partial charge in [0.05, 0.1) is 20.2 Å². The summed E-state index contributed by atoms with van der Waals surface area (Å²) in [6.45, 7) is 1.29. The summed E-state index contributed by atoms with van der Waals surface area (Å²) < 4.78 is 5.23. The van der Waals surface area contributed by atoms with Gasteiger partial charge >= 0.3 is 0 Å². The van der Waals surface area contributed by atoms with Crippen LogP contribution < -0.4 is 15.4 Å². The van der Waals surface area contributed by atoms with Crippen molar-refractivity contribution in [2.24, 2.45) is 4.99 Å². The largest absolute Gasteiger partial charge is 0.497 e. The average molecular weight is 572 g/mol. The van der Waals surface area contributed by atoms with Gasteiger partial charge in [-0.1, -0.05) is 72.8 Å². The molecule has 0 bridgehead atoms. The standard InChI is InChI=1S/C27H32N4O2.HI/c1-31(2)26(32)20-30-27(28-18-21-14-16-24(33-3)17-15-21)29-19-25(22-10-6-4-7-11-22)23-12-8-5-9-13-23;/h4-17,25H,18-20H2,1-3H3,(H2,28,29,30);1H. The summed E-state index contributed by atoms with van der Waals surface area (Å²) in [6, 6.07) is 28.6. The first kappa shape index (κ1) is 27.2. The zero-order valence-corrected chi connectivity index (χ0v) is 22.2. The van der Waals surface area contributed by atoms with Gasteiger partial charge in [0, 0.05) is 26.6 Å². The second-order valence-electron chi connectivity index (χ2n) is 7.91. The van der Waals surface area contributed by atoms with E-state index in [-0.39, 0.29) is 42.3 Å². The zero-order chi connectivity index (χ0) is 23.5. The van der Waals surface area contributed by atoms with Gasteiger partial charge in [0.2, 0.25) is 5.91 Å². The van der Waals surface area contributed by atoms with Gasteiger partial charge < -0.3 is 20.3 Å². The van der Waals surface area contributed by atoms with E-state index in [1.807, 2.05) is 36.4 Å². The van der Waals surface area contributed by atoms with Gasteiger partial charge in [0.25, 0.3) is 0 Å². The van der Waals surface area contributed by atoms with Crippen LogP contribution in [0.25, 0.3) is 0 Å². The summed E-state index contributed by atoms with van der Waals surface area (Å²) in [6.07, 6.45) is 0. The third kappa shape index (κ3) is 8.37. The third-order valence-electron chi connectivity index (χ3n) is 5.36. The number of nitrogens with zero attached hydrogens (tertiary/aromatic N) is 2. The van der Waals surface area contributed by atoms with Crippen molar-refractivity contribution in [3.63, 3.8) is 0 Å². The Hall–Kier alpha value is -3.07. The maximum absolute atomic E-state index is 12.1. The lowest BCUT2D eigenvalue weighted by Crippen LogP contribution is -2.44. The number of benzene rings is 3. The highest BCUT2D eigenvalue weighted by atomic mass is 127. The predicted octanol–water partition coefficient (Wildman–Crippen LogP) is 4.27. The fourth-order valence-electron chi connectivity index (χ4n) is 3.39. The first-order valence-electron chi connectivity index (χ1n) is 11.0. The summed E-state index contributed by atoms with van der Waals surface area (Å²) in [7, 11) is 5.13. The molecule has 0 atom stereocenters. The Morgan fingerprint density at radius 3 is 1.94 bits per heavy atom. The highest BCUT2D eigenvalue weighted by Crippen LogP contribution is 2.23. The number of carbonyl (C=O) groups excluding carboxylic acids is 1. The van der Waals surface area contributed by atoms with Crippen LogP contribution in [0, 0.1) is 0 Å². The second kappa shape index (κ2) is 14.2. The van der Waals surface area contributed by atoms with E-state index >= 15 is 0 Å². The molecule has 0 aliphatic rings. The lowest BCUT2D eigenvalue weighted by atomic mass is 9.91. The molecule has 0 spiro atoms. The quantitative estimate of drug-likeness (QED) is 0.229. The lowest BCUT2D eigenvalue weighted by Gasteiger charge is -2.21. The molecule has 2 N–H and O–H groups in total. The van der Waals surface area contributed by atoms with Crippen LogP contribution in [0.5, 0.6) is 5.75 Å². The monoisotopic (exact) mass is 572 g/mol. The highest BCUT2D eigenvalue weighted by molar-refractivity contribution is 14.0. The minimum Gasteiger partial charge on any atom is -0.497 e. The SMILES string of the molecule is COc1ccc(CN=C(NCC(=O)N(C)C)NCC(c2ccccc2)c2ccccc2)cc1.I. The van der Waals surface area contributed by atoms with Gasteiger partial charge in [-0.05, 0) is 28.8 Å². The Labute approximate surface area is 219 Å². The van der Waals surface area contributed by atoms with E-state index in [0.717, 1.165) is 11.3 Å². The molecule has 6 nitrogen and oxygen atoms in total. The van der Waals surface area contributed by atoms with E-state index in [2.05, 4.69) is 59.2 Å². The Morgan fingerprint density at radius 1 is 0.882 bits per heavy atom. The minimum absolute atomic E-state index is 0. The normalized spacial score (nSPS) is 10.9. The van der Waals surface area contributed by atoms with Crippen molar-refractivity contribution >= 4 is 35.8 Å². The van der Waals surface area contributed by atoms with Crippen molar-refractivity contribution in [3.05, 3.63) is 102 Å². The van der Waals surface area contributed by atoms with E-state index in [9.17, 15) is 4.79 Å². The van der Waals surface area contributed by atoms with E-state index in [1.54, 1.807) is 26.1 Å². The van der Waals surface area contributed by atoms with Crippen LogP contribution in [-0.2, 0) is 11.3 Å². The third-order valence-corrected chi connectivity index (χ3v) is 5.36. The van der Waals surface area contributed by atoms with E-state index in [0.29, 0.717) is 19.0 Å². The number of ether oxygens (including phenoxy) is 1. The van der Waals surface area contributed by atoms with Crippen molar-refractivity contribution in [1.82, 2.24) is 15.5 Å². The molecule has 0 saturated heterocycles. The molecule has 0 radical (unpaired) electrons. The Bertz CT molecular complexity index is 986. The number of hydrogen-bond acceptors (Lipinski definition) is 3. The molecule has 3 rings (SSSR count). The Kier molecular flexibility index (Phi) is 11.4. The fourth-order valence-corrected chi connectivity index (χ4v) is 3.39. The number of methoxy groups -OCH3 is 1. The smallest absolute Gasteiger partial charge is 0.241 e. The first-order chi connectivity index (χ1) is 16.1. The second-order valence-corrected chi connectivity index (χ2v) is 7.91. The predicted molar refractivity (Wildman–Crippen MR) is 149 cm³/mol. The topological polar surface area (TPSA) is 66.0 Å². The molecule has 0 aromatic heterocycles. The van der Waals surface area contributed by atoms with Crippen molar-refractivity contribution in [2.75, 3.05) is 34.3 Å². The molecule has 180 valence electrons. The van der Waals surface area contributed by atoms with Crippen LogP contribution >= 0.6 is 24.0 Å². The number of halogens is 1. The van der Waals surface area contributed by atoms with Crippen LogP contribution in [0.3, 0.4) is 0 Å². The van der Waals surface area contributed by atoms with Crippen molar-refractivity contribution < 1.29 is 9.53 Å². The van der Waals surface area contributed by atoms with Crippen molar-refractivity contribution in [3.8, 4) is 5.75 Å². The molecule has 0 heterocycles. The number of guanidine groups is 1. The van der Waals surface area contributed by atoms with Crippen molar-refractivity contribution in [2.45, 2.75) is 12.5 Å². The number of rotatable bonds is 9. The lowest BCUT2D eigenvalue weighted by molar-refractivity contribution is -0.127. The summed E-state index contributed by atoms with van der Waals surface area (Å²) in [5, 5.41) is 6.62. The first-order valence-corrected chi connectivity index (χ1v) is 11.0. The van der Waals surface area contributed by atoms with Gasteiger partial charge in [0.15, 0.2) is 5.96 Å². The van der Waals surface area contributed by atoms with Gasteiger partial charge in [-0.2, -0.15) is 0 Å². The molecule has 0 saturated carbocycles. The molecule has 1 amide bonds. The molecule has 0 aliphatic carbocycles. The van der Waals surface area contributed by atoms with Crippen molar-refractivity contribution in [1.29, 1.82) is 0 Å². The molecular formula is C27H33IN4O2. The van der Waals surface area contributed by atoms with E-state index in [1.165, 1.54) is 11.1 Å². The minimum atomic E-state index is -0.0170. The molecule has 0 fully saturated rings. The summed E-state index contributed by atoms with van der Waals surface area (Å²) in [4.78, 5) is 18.4. The molecular weight excluding hydrogens is 539 g/mol. The molecule has 0 unspecified atom stereocenters. The summed E-state index contributed by atoms with van der Waals surface area (Å²) >= 11 is 0. The summed E-state index contributed by atoms with van der Waals surface area (Å²) in [5.41, 5.74) is 3.49. The number of likely N-dealkylation sites (N-methyl/N-ethyl adjacent to an activating group) is 1. The van der Waals surface area contributed by atoms with Gasteiger partial charge in [-0.15, -0.1) is 24.0 Å². The number of aliphatic imine (C=N–C) groups is 1. The maximum atomic E-state index is 12.1. The van der Waals surface area contributed by atoms with Gasteiger partial charge in [0.1, 0.15) is 5.75 Å². The number of carbonyl (C=O) groups is 1. The van der Waals surface area contributed by atoms with Crippen LogP contribution in [0.15, 0.2) is 89.9 Å². The molecule has 0 aliphatic heterocycles. The molecule has 7 heteroatoms.